The molecule has 81 heavy (non-hydrogen) atoms. The number of methoxy groups -OCH3 is 2. The van der Waals surface area contributed by atoms with Gasteiger partial charge in [0.2, 0.25) is 33.7 Å². The highest BCUT2D eigenvalue weighted by atomic mass is 32.2. The minimum atomic E-state index is -3.89. The van der Waals surface area contributed by atoms with Gasteiger partial charge < -0.3 is 44.1 Å². The number of fused-ring (bicyclic) bond motifs is 1. The van der Waals surface area contributed by atoms with Crippen LogP contribution in [0.3, 0.4) is 0 Å². The van der Waals surface area contributed by atoms with E-state index in [-0.39, 0.29) is 68.1 Å². The van der Waals surface area contributed by atoms with Gasteiger partial charge >= 0.3 is 0 Å². The third-order valence-electron chi connectivity index (χ3n) is 15.5. The van der Waals surface area contributed by atoms with Crippen molar-refractivity contribution < 1.29 is 70.5 Å². The number of imide groups is 1. The Morgan fingerprint density at radius 3 is 1.84 bits per heavy atom. The lowest BCUT2D eigenvalue weighted by atomic mass is 9.89. The number of carbonyl (C=O) groups excluding carboxylic acids is 7. The van der Waals surface area contributed by atoms with Crippen molar-refractivity contribution in [3.63, 3.8) is 0 Å². The second kappa shape index (κ2) is 31.9. The summed E-state index contributed by atoms with van der Waals surface area (Å²) in [5, 5.41) is 5.98. The van der Waals surface area contributed by atoms with Gasteiger partial charge in [-0.1, -0.05) is 97.4 Å². The number of nitrogens with zero attached hydrogens (tertiary/aromatic N) is 4. The molecule has 0 spiro atoms. The van der Waals surface area contributed by atoms with Crippen LogP contribution in [0.2, 0.25) is 0 Å². The van der Waals surface area contributed by atoms with E-state index in [4.69, 9.17) is 28.5 Å². The lowest BCUT2D eigenvalue weighted by Gasteiger charge is -2.41. The molecule has 2 aromatic carbocycles. The topological polar surface area (TPSA) is 258 Å². The van der Waals surface area contributed by atoms with Crippen LogP contribution < -0.4 is 15.4 Å². The normalized spacial score (nSPS) is 18.5. The molecular formula is C58H89N7O15S. The summed E-state index contributed by atoms with van der Waals surface area (Å²) in [6.45, 7) is 15.7. The molecule has 23 heteroatoms. The number of rotatable bonds is 36. The Morgan fingerprint density at radius 1 is 0.716 bits per heavy atom. The van der Waals surface area contributed by atoms with Crippen molar-refractivity contribution in [2.75, 3.05) is 87.7 Å². The second-order valence-corrected chi connectivity index (χ2v) is 24.0. The number of likely N-dealkylation sites (N-methyl/N-ethyl adjacent to an activating group) is 2. The van der Waals surface area contributed by atoms with Crippen molar-refractivity contribution in [2.45, 2.75) is 141 Å². The Morgan fingerprint density at radius 2 is 1.30 bits per heavy atom. The standard InChI is InChI=1S/C58H89N7O15S/c1-12-39(6)51(47(75-10)36-48(66)64-26-18-23-46(64)52(76-11)40(7)53(67)59-45(35-41-19-14-13-15-20-41)54(68)61-81(73,74)42-24-25-42)63(9)58(72)49(37(2)3)60-55(69)50(38(4)5)62(8)27-28-77-29-30-78-31-32-79-33-34-80-65-56(70)43-21-16-17-22-44(43)57(65)71/h13-17,19-22,37-40,42,45-47,49-52H,12,18,23-36H2,1-11H3,(H,59,67)(H,60,69)(H,61,68). The van der Waals surface area contributed by atoms with E-state index in [2.05, 4.69) is 15.4 Å². The molecule has 0 bridgehead atoms. The molecule has 2 aromatic rings. The predicted molar refractivity (Wildman–Crippen MR) is 302 cm³/mol. The molecule has 2 fully saturated rings. The number of hydrogen-bond donors (Lipinski definition) is 3. The van der Waals surface area contributed by atoms with Gasteiger partial charge in [0.25, 0.3) is 17.7 Å². The summed E-state index contributed by atoms with van der Waals surface area (Å²) < 4.78 is 56.8. The molecule has 1 saturated heterocycles. The Bertz CT molecular complexity index is 2480. The lowest BCUT2D eigenvalue weighted by molar-refractivity contribution is -0.148. The fourth-order valence-electron chi connectivity index (χ4n) is 10.7. The first kappa shape index (κ1) is 66.4. The number of likely N-dealkylation sites (tertiary alicyclic amines) is 1. The zero-order chi connectivity index (χ0) is 59.6. The van der Waals surface area contributed by atoms with Gasteiger partial charge in [-0.05, 0) is 68.2 Å². The summed E-state index contributed by atoms with van der Waals surface area (Å²) in [4.78, 5) is 106. The average molecular weight is 1160 g/mol. The minimum absolute atomic E-state index is 0.00970. The molecule has 0 radical (unpaired) electrons. The Labute approximate surface area is 478 Å². The molecule has 1 aliphatic carbocycles. The molecule has 3 N–H and O–H groups in total. The molecule has 2 heterocycles. The zero-order valence-electron chi connectivity index (χ0n) is 49.3. The number of hydrogen-bond acceptors (Lipinski definition) is 16. The number of carbonyl (C=O) groups is 7. The largest absolute Gasteiger partial charge is 0.379 e. The molecule has 0 aromatic heterocycles. The van der Waals surface area contributed by atoms with Crippen LogP contribution in [0.4, 0.5) is 0 Å². The summed E-state index contributed by atoms with van der Waals surface area (Å²) in [5.41, 5.74) is 1.33. The van der Waals surface area contributed by atoms with Crippen molar-refractivity contribution in [1.82, 2.24) is 35.1 Å². The maximum atomic E-state index is 14.7. The van der Waals surface area contributed by atoms with Gasteiger partial charge in [0, 0.05) is 40.8 Å². The Hall–Kier alpha value is -5.40. The van der Waals surface area contributed by atoms with Crippen LogP contribution >= 0.6 is 0 Å². The van der Waals surface area contributed by atoms with Crippen LogP contribution in [0, 0.1) is 23.7 Å². The van der Waals surface area contributed by atoms with Crippen LogP contribution in [0.15, 0.2) is 54.6 Å². The molecule has 1 saturated carbocycles. The smallest absolute Gasteiger partial charge is 0.285 e. The molecule has 452 valence electrons. The highest BCUT2D eigenvalue weighted by Gasteiger charge is 2.45. The Kier molecular flexibility index (Phi) is 26.1. The molecule has 7 amide bonds. The van der Waals surface area contributed by atoms with Crippen molar-refractivity contribution in [2.24, 2.45) is 23.7 Å². The van der Waals surface area contributed by atoms with Crippen LogP contribution in [0.5, 0.6) is 0 Å². The third kappa shape index (κ3) is 18.3. The molecule has 22 nitrogen and oxygen atoms in total. The quantitative estimate of drug-likeness (QED) is 0.0651. The van der Waals surface area contributed by atoms with E-state index in [1.54, 1.807) is 72.3 Å². The maximum Gasteiger partial charge on any atom is 0.285 e. The monoisotopic (exact) mass is 1160 g/mol. The average Bonchev–Trinajstić information content (AvgIpc) is 4.30. The fraction of sp³-hybridized carbons (Fsp3) is 0.672. The summed E-state index contributed by atoms with van der Waals surface area (Å²) in [5.74, 6) is -4.68. The van der Waals surface area contributed by atoms with Crippen molar-refractivity contribution in [3.8, 4) is 0 Å². The van der Waals surface area contributed by atoms with Crippen LogP contribution in [-0.4, -0.2) is 205 Å². The molecule has 3 aliphatic rings. The number of benzene rings is 2. The predicted octanol–water partition coefficient (Wildman–Crippen LogP) is 3.62. The van der Waals surface area contributed by atoms with Gasteiger partial charge in [-0.15, -0.1) is 5.06 Å². The first-order valence-corrected chi connectivity index (χ1v) is 30.0. The van der Waals surface area contributed by atoms with Gasteiger partial charge in [-0.25, -0.2) is 8.42 Å². The van der Waals surface area contributed by atoms with Gasteiger partial charge in [-0.3, -0.25) is 48.0 Å². The molecule has 9 unspecified atom stereocenters. The van der Waals surface area contributed by atoms with E-state index < -0.39 is 87.2 Å². The number of sulfonamides is 1. The Balaban J connectivity index is 1.11. The highest BCUT2D eigenvalue weighted by Crippen LogP contribution is 2.31. The van der Waals surface area contributed by atoms with Crippen molar-refractivity contribution in [3.05, 3.63) is 71.3 Å². The summed E-state index contributed by atoms with van der Waals surface area (Å²) in [7, 11) is 2.61. The van der Waals surface area contributed by atoms with Crippen LogP contribution in [0.25, 0.3) is 0 Å². The first-order chi connectivity index (χ1) is 38.6. The maximum absolute atomic E-state index is 14.7. The summed E-state index contributed by atoms with van der Waals surface area (Å²) in [6, 6.07) is 11.7. The van der Waals surface area contributed by atoms with Crippen molar-refractivity contribution >= 4 is 51.4 Å². The molecule has 9 atom stereocenters. The van der Waals surface area contributed by atoms with E-state index in [1.165, 1.54) is 14.2 Å². The number of nitrogens with one attached hydrogen (secondary N) is 3. The lowest BCUT2D eigenvalue weighted by Crippen LogP contribution is -2.60. The van der Waals surface area contributed by atoms with E-state index in [9.17, 15) is 42.0 Å². The third-order valence-corrected chi connectivity index (χ3v) is 17.4. The van der Waals surface area contributed by atoms with Gasteiger partial charge in [-0.2, -0.15) is 0 Å². The van der Waals surface area contributed by atoms with E-state index in [0.29, 0.717) is 82.7 Å². The number of amides is 7. The molecule has 2 aliphatic heterocycles. The van der Waals surface area contributed by atoms with E-state index >= 15 is 0 Å². The number of hydroxylamine groups is 2. The summed E-state index contributed by atoms with van der Waals surface area (Å²) >= 11 is 0. The first-order valence-electron chi connectivity index (χ1n) is 28.4. The van der Waals surface area contributed by atoms with Crippen LogP contribution in [-0.2, 0) is 68.9 Å². The van der Waals surface area contributed by atoms with Crippen molar-refractivity contribution in [1.29, 1.82) is 0 Å². The minimum Gasteiger partial charge on any atom is -0.379 e. The zero-order valence-corrected chi connectivity index (χ0v) is 50.1. The van der Waals surface area contributed by atoms with E-state index in [0.717, 1.165) is 10.6 Å². The van der Waals surface area contributed by atoms with E-state index in [1.807, 2.05) is 59.6 Å². The van der Waals surface area contributed by atoms with Gasteiger partial charge in [0.05, 0.1) is 105 Å². The highest BCUT2D eigenvalue weighted by molar-refractivity contribution is 7.90. The second-order valence-electron chi connectivity index (χ2n) is 22.1. The number of ether oxygens (including phenoxy) is 5. The molecule has 5 rings (SSSR count). The molecular weight excluding hydrogens is 1070 g/mol. The summed E-state index contributed by atoms with van der Waals surface area (Å²) in [6.07, 6.45) is 1.17. The van der Waals surface area contributed by atoms with Gasteiger partial charge in [0.1, 0.15) is 12.1 Å². The SMILES string of the molecule is CCC(C)C(C(CC(=O)N1CCCC1C(OC)C(C)C(=O)NC(Cc1ccccc1)C(=O)NS(=O)(=O)C1CC1)OC)N(C)C(=O)C(NC(=O)C(C(C)C)N(C)CCOCCOCCOCCON1C(=O)c2ccccc2C1=O)C(C)C. The van der Waals surface area contributed by atoms with Gasteiger partial charge in [0.15, 0.2) is 0 Å². The fourth-order valence-corrected chi connectivity index (χ4v) is 12.0. The van der Waals surface area contributed by atoms with Crippen LogP contribution in [0.1, 0.15) is 113 Å².